The predicted octanol–water partition coefficient (Wildman–Crippen LogP) is 3.86. The number of amides is 1. The zero-order valence-electron chi connectivity index (χ0n) is 10.9. The van der Waals surface area contributed by atoms with Crippen LogP contribution in [0.4, 0.5) is 5.69 Å². The molecule has 17 heavy (non-hydrogen) atoms. The molecule has 1 N–H and O–H groups in total. The van der Waals surface area contributed by atoms with E-state index in [1.807, 2.05) is 13.0 Å². The molecule has 1 aromatic rings. The van der Waals surface area contributed by atoms with Crippen LogP contribution in [0.2, 0.25) is 0 Å². The van der Waals surface area contributed by atoms with E-state index in [-0.39, 0.29) is 11.3 Å². The molecule has 0 aliphatic heterocycles. The zero-order valence-corrected chi connectivity index (χ0v) is 11.7. The Hall–Kier alpha value is -1.02. The molecular formula is C14H20ClNO. The fourth-order valence-electron chi connectivity index (χ4n) is 1.57. The second kappa shape index (κ2) is 5.54. The molecular weight excluding hydrogens is 234 g/mol. The molecule has 0 saturated heterocycles. The minimum absolute atomic E-state index is 0.0355. The third-order valence-electron chi connectivity index (χ3n) is 2.69. The van der Waals surface area contributed by atoms with Gasteiger partial charge in [0.2, 0.25) is 5.91 Å². The van der Waals surface area contributed by atoms with Gasteiger partial charge in [0.15, 0.2) is 0 Å². The quantitative estimate of drug-likeness (QED) is 0.815. The molecule has 1 aromatic carbocycles. The van der Waals surface area contributed by atoms with Gasteiger partial charge in [-0.3, -0.25) is 4.79 Å². The van der Waals surface area contributed by atoms with E-state index in [4.69, 9.17) is 11.6 Å². The van der Waals surface area contributed by atoms with Gasteiger partial charge in [0.1, 0.15) is 0 Å². The Bertz CT molecular complexity index is 407. The van der Waals surface area contributed by atoms with Crippen LogP contribution in [0, 0.1) is 6.92 Å². The maximum atomic E-state index is 11.5. The third-order valence-corrected chi connectivity index (χ3v) is 2.88. The van der Waals surface area contributed by atoms with Crippen molar-refractivity contribution in [2.75, 3.05) is 11.2 Å². The van der Waals surface area contributed by atoms with E-state index in [9.17, 15) is 4.79 Å². The highest BCUT2D eigenvalue weighted by Crippen LogP contribution is 2.26. The van der Waals surface area contributed by atoms with Gasteiger partial charge in [-0.15, -0.1) is 11.6 Å². The van der Waals surface area contributed by atoms with E-state index < -0.39 is 0 Å². The minimum Gasteiger partial charge on any atom is -0.326 e. The van der Waals surface area contributed by atoms with Crippen molar-refractivity contribution in [3.63, 3.8) is 0 Å². The molecule has 3 heteroatoms. The van der Waals surface area contributed by atoms with E-state index >= 15 is 0 Å². The molecule has 0 heterocycles. The van der Waals surface area contributed by atoms with Gasteiger partial charge >= 0.3 is 0 Å². The first-order chi connectivity index (χ1) is 7.84. The number of carbonyl (C=O) groups is 1. The Kier molecular flexibility index (Phi) is 4.58. The molecule has 1 amide bonds. The average molecular weight is 254 g/mol. The first-order valence-corrected chi connectivity index (χ1v) is 6.35. The lowest BCUT2D eigenvalue weighted by Crippen LogP contribution is -2.14. The van der Waals surface area contributed by atoms with Crippen LogP contribution in [0.25, 0.3) is 0 Å². The van der Waals surface area contributed by atoms with Gasteiger partial charge in [0, 0.05) is 18.0 Å². The van der Waals surface area contributed by atoms with Gasteiger partial charge in [-0.05, 0) is 29.5 Å². The summed E-state index contributed by atoms with van der Waals surface area (Å²) >= 11 is 5.53. The fraction of sp³-hybridized carbons (Fsp3) is 0.500. The second-order valence-corrected chi connectivity index (χ2v) is 5.64. The molecule has 0 bridgehead atoms. The number of rotatable bonds is 3. The molecule has 0 fully saturated rings. The number of aryl methyl sites for hydroxylation is 1. The van der Waals surface area contributed by atoms with Gasteiger partial charge in [-0.2, -0.15) is 0 Å². The molecule has 0 saturated carbocycles. The Labute approximate surface area is 108 Å². The Morgan fingerprint density at radius 2 is 2.00 bits per heavy atom. The highest BCUT2D eigenvalue weighted by molar-refractivity contribution is 6.19. The number of hydrogen-bond donors (Lipinski definition) is 1. The first-order valence-electron chi connectivity index (χ1n) is 5.81. The van der Waals surface area contributed by atoms with E-state index in [2.05, 4.69) is 38.2 Å². The topological polar surface area (TPSA) is 29.1 Å². The van der Waals surface area contributed by atoms with Crippen LogP contribution in [-0.4, -0.2) is 11.8 Å². The van der Waals surface area contributed by atoms with Crippen molar-refractivity contribution in [2.24, 2.45) is 0 Å². The van der Waals surface area contributed by atoms with Crippen molar-refractivity contribution in [1.82, 2.24) is 0 Å². The van der Waals surface area contributed by atoms with Crippen molar-refractivity contribution in [2.45, 2.75) is 39.5 Å². The Morgan fingerprint density at radius 3 is 2.47 bits per heavy atom. The van der Waals surface area contributed by atoms with Crippen molar-refractivity contribution >= 4 is 23.2 Å². The lowest BCUT2D eigenvalue weighted by atomic mass is 9.86. The Morgan fingerprint density at radius 1 is 1.35 bits per heavy atom. The molecule has 0 radical (unpaired) electrons. The predicted molar refractivity (Wildman–Crippen MR) is 73.8 cm³/mol. The first kappa shape index (κ1) is 14.0. The van der Waals surface area contributed by atoms with Gasteiger partial charge in [0.05, 0.1) is 0 Å². The van der Waals surface area contributed by atoms with E-state index in [1.54, 1.807) is 0 Å². The summed E-state index contributed by atoms with van der Waals surface area (Å²) in [6.45, 7) is 8.53. The zero-order chi connectivity index (χ0) is 13.1. The molecule has 0 aliphatic carbocycles. The number of anilines is 1. The summed E-state index contributed by atoms with van der Waals surface area (Å²) in [5, 5.41) is 2.87. The van der Waals surface area contributed by atoms with Crippen LogP contribution in [0.1, 0.15) is 38.3 Å². The maximum absolute atomic E-state index is 11.5. The number of nitrogens with one attached hydrogen (secondary N) is 1. The van der Waals surface area contributed by atoms with Crippen molar-refractivity contribution in [3.05, 3.63) is 29.3 Å². The smallest absolute Gasteiger partial charge is 0.225 e. The second-order valence-electron chi connectivity index (χ2n) is 5.27. The summed E-state index contributed by atoms with van der Waals surface area (Å²) in [6.07, 6.45) is 0.349. The lowest BCUT2D eigenvalue weighted by molar-refractivity contribution is -0.115. The maximum Gasteiger partial charge on any atom is 0.225 e. The monoisotopic (exact) mass is 253 g/mol. The summed E-state index contributed by atoms with van der Waals surface area (Å²) in [5.74, 6) is 0.317. The molecule has 1 rings (SSSR count). The van der Waals surface area contributed by atoms with Crippen LogP contribution < -0.4 is 5.32 Å². The average Bonchev–Trinajstić information content (AvgIpc) is 2.20. The van der Waals surface area contributed by atoms with Gasteiger partial charge in [-0.1, -0.05) is 32.9 Å². The summed E-state index contributed by atoms with van der Waals surface area (Å²) in [7, 11) is 0. The number of alkyl halides is 1. The largest absolute Gasteiger partial charge is 0.326 e. The standard InChI is InChI=1S/C14H20ClNO/c1-10-9-11(14(2,3)4)5-6-12(10)16-13(17)7-8-15/h5-6,9H,7-8H2,1-4H3,(H,16,17). The Balaban J connectivity index is 2.87. The van der Waals surface area contributed by atoms with Crippen LogP contribution in [0.5, 0.6) is 0 Å². The van der Waals surface area contributed by atoms with Crippen molar-refractivity contribution in [3.8, 4) is 0 Å². The van der Waals surface area contributed by atoms with Crippen molar-refractivity contribution < 1.29 is 4.79 Å². The minimum atomic E-state index is -0.0355. The normalized spacial score (nSPS) is 11.4. The fourth-order valence-corrected chi connectivity index (χ4v) is 1.74. The molecule has 0 aromatic heterocycles. The molecule has 0 atom stereocenters. The van der Waals surface area contributed by atoms with Crippen LogP contribution in [0.3, 0.4) is 0 Å². The molecule has 2 nitrogen and oxygen atoms in total. The number of benzene rings is 1. The summed E-state index contributed by atoms with van der Waals surface area (Å²) in [5.41, 5.74) is 3.35. The number of halogens is 1. The lowest BCUT2D eigenvalue weighted by Gasteiger charge is -2.20. The summed E-state index contributed by atoms with van der Waals surface area (Å²) in [4.78, 5) is 11.5. The van der Waals surface area contributed by atoms with Crippen LogP contribution in [-0.2, 0) is 10.2 Å². The molecule has 0 unspecified atom stereocenters. The highest BCUT2D eigenvalue weighted by Gasteiger charge is 2.14. The van der Waals surface area contributed by atoms with Crippen LogP contribution >= 0.6 is 11.6 Å². The summed E-state index contributed by atoms with van der Waals surface area (Å²) in [6, 6.07) is 6.14. The molecule has 0 spiro atoms. The van der Waals surface area contributed by atoms with Crippen LogP contribution in [0.15, 0.2) is 18.2 Å². The van der Waals surface area contributed by atoms with Gasteiger partial charge in [-0.25, -0.2) is 0 Å². The van der Waals surface area contributed by atoms with Crippen molar-refractivity contribution in [1.29, 1.82) is 0 Å². The van der Waals surface area contributed by atoms with E-state index in [0.29, 0.717) is 12.3 Å². The van der Waals surface area contributed by atoms with E-state index in [0.717, 1.165) is 11.3 Å². The molecule has 94 valence electrons. The van der Waals surface area contributed by atoms with Gasteiger partial charge in [0.25, 0.3) is 0 Å². The molecule has 0 aliphatic rings. The van der Waals surface area contributed by atoms with Gasteiger partial charge < -0.3 is 5.32 Å². The third kappa shape index (κ3) is 4.04. The van der Waals surface area contributed by atoms with E-state index in [1.165, 1.54) is 5.56 Å². The number of hydrogen-bond acceptors (Lipinski definition) is 1. The highest BCUT2D eigenvalue weighted by atomic mass is 35.5. The number of carbonyl (C=O) groups excluding carboxylic acids is 1. The SMILES string of the molecule is Cc1cc(C(C)(C)C)ccc1NC(=O)CCCl. The summed E-state index contributed by atoms with van der Waals surface area (Å²) < 4.78 is 0.